The lowest BCUT2D eigenvalue weighted by atomic mass is 9.55. The maximum atomic E-state index is 2.65. The molecule has 0 radical (unpaired) electrons. The van der Waals surface area contributed by atoms with Crippen LogP contribution in [0.5, 0.6) is 0 Å². The second-order valence-corrected chi connectivity index (χ2v) is 22.4. The average Bonchev–Trinajstić information content (AvgIpc) is 4.10. The number of thiophene rings is 2. The molecule has 0 atom stereocenters. The number of para-hydroxylation sites is 2. The molecule has 3 aliphatic carbocycles. The van der Waals surface area contributed by atoms with Crippen molar-refractivity contribution in [3.05, 3.63) is 254 Å². The van der Waals surface area contributed by atoms with Gasteiger partial charge in [0.15, 0.2) is 0 Å². The number of nitrogens with zero attached hydrogens (tertiary/aromatic N) is 2. The van der Waals surface area contributed by atoms with Crippen LogP contribution in [0.2, 0.25) is 0 Å². The molecule has 0 amide bonds. The van der Waals surface area contributed by atoms with Crippen molar-refractivity contribution in [3.8, 4) is 11.1 Å². The molecule has 9 aromatic carbocycles. The summed E-state index contributed by atoms with van der Waals surface area (Å²) in [6, 6.07) is 76.6. The van der Waals surface area contributed by atoms with Crippen LogP contribution >= 0.6 is 22.7 Å². The molecule has 11 aromatic rings. The highest BCUT2D eigenvalue weighted by atomic mass is 32.1. The molecule has 1 spiro atoms. The van der Waals surface area contributed by atoms with Gasteiger partial charge in [-0.3, -0.25) is 0 Å². The molecule has 0 N–H and O–H groups in total. The van der Waals surface area contributed by atoms with Gasteiger partial charge in [0.1, 0.15) is 0 Å². The van der Waals surface area contributed by atoms with Gasteiger partial charge in [-0.25, -0.2) is 0 Å². The first-order chi connectivity index (χ1) is 35.4. The second kappa shape index (κ2) is 16.5. The van der Waals surface area contributed by atoms with E-state index >= 15 is 0 Å². The van der Waals surface area contributed by atoms with Crippen LogP contribution in [-0.2, 0) is 23.7 Å². The fourth-order valence-corrected chi connectivity index (χ4v) is 15.6. The van der Waals surface area contributed by atoms with Gasteiger partial charge in [-0.1, -0.05) is 179 Å². The van der Waals surface area contributed by atoms with Gasteiger partial charge in [0.25, 0.3) is 0 Å². The molecule has 0 unspecified atom stereocenters. The van der Waals surface area contributed by atoms with Crippen molar-refractivity contribution < 1.29 is 0 Å². The monoisotopic (exact) mass is 962 g/mol. The summed E-state index contributed by atoms with van der Waals surface area (Å²) in [5.74, 6) is 0. The summed E-state index contributed by atoms with van der Waals surface area (Å²) in [6.07, 6.45) is 6.30. The number of hydrogen-bond donors (Lipinski definition) is 0. The van der Waals surface area contributed by atoms with Crippen molar-refractivity contribution >= 4 is 93.1 Å². The molecule has 2 nitrogen and oxygen atoms in total. The van der Waals surface area contributed by atoms with Crippen LogP contribution in [0.4, 0.5) is 28.4 Å². The fraction of sp³-hybridized carbons (Fsp3) is 0.147. The molecule has 14 rings (SSSR count). The first-order valence-corrected chi connectivity index (χ1v) is 27.4. The summed E-state index contributed by atoms with van der Waals surface area (Å²) in [5.41, 5.74) is 20.1. The van der Waals surface area contributed by atoms with E-state index in [4.69, 9.17) is 0 Å². The number of fused-ring (bicyclic) bond motifs is 15. The lowest BCUT2D eigenvalue weighted by molar-refractivity contribution is 0.563. The molecule has 2 heterocycles. The van der Waals surface area contributed by atoms with Crippen LogP contribution in [0, 0.1) is 0 Å². The second-order valence-electron chi connectivity index (χ2n) is 20.3. The number of hydrogen-bond acceptors (Lipinski definition) is 4. The van der Waals surface area contributed by atoms with Gasteiger partial charge < -0.3 is 9.80 Å². The Morgan fingerprint density at radius 3 is 1.58 bits per heavy atom. The molecule has 0 bridgehead atoms. The molecule has 72 heavy (non-hydrogen) atoms. The highest BCUT2D eigenvalue weighted by Gasteiger charge is 2.53. The normalized spacial score (nSPS) is 14.7. The topological polar surface area (TPSA) is 6.48 Å². The first kappa shape index (κ1) is 43.3. The van der Waals surface area contributed by atoms with E-state index in [-0.39, 0.29) is 5.41 Å². The Morgan fingerprint density at radius 1 is 0.444 bits per heavy atom. The summed E-state index contributed by atoms with van der Waals surface area (Å²) < 4.78 is 5.34. The SMILES string of the molecule is CCc1ccccc1N(C1=c2sc3ccccc3c2=CCC1)c1ccc2c(c1)-c1cc(N(c3ccccc3CC)c3cccc4c3sc3ccccc34)ccc1C21c2ccccc2C(C)(C)c2ccccc21. The Kier molecular flexibility index (Phi) is 9.94. The quantitative estimate of drug-likeness (QED) is 0.150. The van der Waals surface area contributed by atoms with Crippen molar-refractivity contribution in [2.75, 3.05) is 9.80 Å². The van der Waals surface area contributed by atoms with Gasteiger partial charge in [0.05, 0.1) is 20.3 Å². The summed E-state index contributed by atoms with van der Waals surface area (Å²) in [4.78, 5) is 5.21. The molecule has 0 fully saturated rings. The van der Waals surface area contributed by atoms with Crippen LogP contribution in [0.25, 0.3) is 53.2 Å². The Morgan fingerprint density at radius 2 is 0.944 bits per heavy atom. The van der Waals surface area contributed by atoms with Crippen molar-refractivity contribution in [2.24, 2.45) is 0 Å². The molecule has 0 saturated carbocycles. The van der Waals surface area contributed by atoms with E-state index in [1.807, 2.05) is 22.7 Å². The molecule has 0 saturated heterocycles. The standard InChI is InChI=1S/C68H54N2S2/c1-5-43-21-7-15-31-59(43)69(61-33-19-25-49-47-23-9-17-35-63(47)71-65(49)61)45-37-39-53-51(41-45)52-42-46(38-40-54(52)68(53)57-29-13-11-27-55(57)67(3,4)56-28-12-14-30-58(56)68)70(60-32-16-8-22-44(60)6-2)62-34-20-26-50-48-24-10-18-36-64(48)72-66(50)62/h7-19,21-33,35-42H,5-6,20,34H2,1-4H3. The minimum absolute atomic E-state index is 0.192. The molecule has 4 heteroatoms. The van der Waals surface area contributed by atoms with Gasteiger partial charge in [-0.05, 0) is 141 Å². The first-order valence-electron chi connectivity index (χ1n) is 25.8. The average molecular weight is 963 g/mol. The Balaban J connectivity index is 1.09. The number of anilines is 5. The summed E-state index contributed by atoms with van der Waals surface area (Å²) in [6.45, 7) is 9.42. The van der Waals surface area contributed by atoms with Crippen LogP contribution in [-0.4, -0.2) is 0 Å². The fourth-order valence-electron chi connectivity index (χ4n) is 13.1. The van der Waals surface area contributed by atoms with E-state index in [1.165, 1.54) is 124 Å². The molecular formula is C68H54N2S2. The van der Waals surface area contributed by atoms with Crippen LogP contribution in [0.15, 0.2) is 200 Å². The highest BCUT2D eigenvalue weighted by molar-refractivity contribution is 7.26. The van der Waals surface area contributed by atoms with Gasteiger partial charge in [0, 0.05) is 59.4 Å². The zero-order chi connectivity index (χ0) is 48.3. The molecule has 3 aliphatic rings. The third-order valence-corrected chi connectivity index (χ3v) is 18.8. The van der Waals surface area contributed by atoms with E-state index in [9.17, 15) is 0 Å². The lowest BCUT2D eigenvalue weighted by Crippen LogP contribution is -2.40. The van der Waals surface area contributed by atoms with E-state index in [2.05, 4.69) is 244 Å². The predicted octanol–water partition coefficient (Wildman–Crippen LogP) is 17.4. The van der Waals surface area contributed by atoms with Crippen LogP contribution in [0.3, 0.4) is 0 Å². The van der Waals surface area contributed by atoms with E-state index in [0.717, 1.165) is 31.4 Å². The van der Waals surface area contributed by atoms with Gasteiger partial charge >= 0.3 is 0 Å². The van der Waals surface area contributed by atoms with Gasteiger partial charge in [0.2, 0.25) is 0 Å². The van der Waals surface area contributed by atoms with Crippen molar-refractivity contribution in [1.82, 2.24) is 0 Å². The largest absolute Gasteiger partial charge is 0.312 e. The summed E-state index contributed by atoms with van der Waals surface area (Å²) in [5, 5.41) is 5.34. The lowest BCUT2D eigenvalue weighted by Gasteiger charge is -2.46. The van der Waals surface area contributed by atoms with Crippen molar-refractivity contribution in [2.45, 2.75) is 64.2 Å². The minimum atomic E-state index is -0.542. The summed E-state index contributed by atoms with van der Waals surface area (Å²) >= 11 is 3.85. The number of rotatable bonds is 8. The highest BCUT2D eigenvalue weighted by Crippen LogP contribution is 2.63. The van der Waals surface area contributed by atoms with Crippen LogP contribution in [0.1, 0.15) is 85.0 Å². The Hall–Kier alpha value is -7.50. The molecule has 2 aromatic heterocycles. The van der Waals surface area contributed by atoms with E-state index in [0.29, 0.717) is 0 Å². The molecule has 0 aliphatic heterocycles. The maximum absolute atomic E-state index is 2.65. The van der Waals surface area contributed by atoms with Gasteiger partial charge in [-0.15, -0.1) is 22.7 Å². The number of aryl methyl sites for hydroxylation is 2. The Bertz CT molecular complexity index is 4100. The zero-order valence-corrected chi connectivity index (χ0v) is 42.8. The molecular weight excluding hydrogens is 909 g/mol. The van der Waals surface area contributed by atoms with Crippen LogP contribution < -0.4 is 19.6 Å². The van der Waals surface area contributed by atoms with E-state index < -0.39 is 5.41 Å². The van der Waals surface area contributed by atoms with Gasteiger partial charge in [-0.2, -0.15) is 0 Å². The zero-order valence-electron chi connectivity index (χ0n) is 41.2. The molecule has 348 valence electrons. The minimum Gasteiger partial charge on any atom is -0.312 e. The summed E-state index contributed by atoms with van der Waals surface area (Å²) in [7, 11) is 0. The maximum Gasteiger partial charge on any atom is 0.0719 e. The third-order valence-electron chi connectivity index (χ3n) is 16.4. The van der Waals surface area contributed by atoms with Crippen molar-refractivity contribution in [3.63, 3.8) is 0 Å². The smallest absolute Gasteiger partial charge is 0.0719 e. The van der Waals surface area contributed by atoms with Crippen molar-refractivity contribution in [1.29, 1.82) is 0 Å². The third kappa shape index (κ3) is 6.12. The predicted molar refractivity (Wildman–Crippen MR) is 309 cm³/mol. The Labute approximate surface area is 430 Å². The van der Waals surface area contributed by atoms with E-state index in [1.54, 1.807) is 0 Å². The number of benzene rings is 9.